The van der Waals surface area contributed by atoms with Crippen molar-refractivity contribution in [1.82, 2.24) is 9.55 Å². The number of para-hydroxylation sites is 1. The first-order chi connectivity index (χ1) is 13.9. The van der Waals surface area contributed by atoms with E-state index in [1.807, 2.05) is 12.3 Å². The van der Waals surface area contributed by atoms with Gasteiger partial charge in [0.2, 0.25) is 0 Å². The summed E-state index contributed by atoms with van der Waals surface area (Å²) in [6.07, 6.45) is 1.97. The number of benzene rings is 3. The fourth-order valence-electron chi connectivity index (χ4n) is 3.99. The van der Waals surface area contributed by atoms with Gasteiger partial charge < -0.3 is 0 Å². The van der Waals surface area contributed by atoms with Gasteiger partial charge in [-0.05, 0) is 52.7 Å². The molecule has 0 aliphatic rings. The summed E-state index contributed by atoms with van der Waals surface area (Å²) >= 11 is 1.79. The van der Waals surface area contributed by atoms with E-state index in [-0.39, 0.29) is 0 Å². The smallest absolute Gasteiger partial charge is 0.137 e. The Bertz CT molecular complexity index is 1440. The fourth-order valence-corrected chi connectivity index (χ4v) is 4.80. The second kappa shape index (κ2) is 6.04. The Morgan fingerprint density at radius 1 is 0.679 bits per heavy atom. The van der Waals surface area contributed by atoms with Crippen LogP contribution in [0.25, 0.3) is 48.8 Å². The Labute approximate surface area is 166 Å². The monoisotopic (exact) mass is 376 g/mol. The Hall–Kier alpha value is -3.43. The summed E-state index contributed by atoms with van der Waals surface area (Å²) in [6, 6.07) is 30.0. The van der Waals surface area contributed by atoms with Gasteiger partial charge in [0, 0.05) is 27.2 Å². The molecule has 3 aromatic carbocycles. The summed E-state index contributed by atoms with van der Waals surface area (Å²) in [5.74, 6) is 0.945. The molecule has 0 N–H and O–H groups in total. The van der Waals surface area contributed by atoms with Gasteiger partial charge in [0.05, 0.1) is 11.0 Å². The number of pyridine rings is 1. The maximum Gasteiger partial charge on any atom is 0.137 e. The van der Waals surface area contributed by atoms with Crippen LogP contribution >= 0.6 is 11.3 Å². The number of aromatic nitrogens is 2. The first-order valence-electron chi connectivity index (χ1n) is 9.31. The summed E-state index contributed by atoms with van der Waals surface area (Å²) < 4.78 is 3.60. The van der Waals surface area contributed by atoms with Crippen molar-refractivity contribution >= 4 is 43.2 Å². The molecule has 0 unspecified atom stereocenters. The third-order valence-corrected chi connectivity index (χ3v) is 6.21. The zero-order valence-electron chi connectivity index (χ0n) is 15.0. The standard InChI is InChI=1S/C25H16N2S/c1-2-6-17(7-3-1)19-10-11-25(26-16-19)27-22-9-5-4-8-20(22)21-15-24-18(12-13-28-24)14-23(21)27/h1-16H. The van der Waals surface area contributed by atoms with Gasteiger partial charge >= 0.3 is 0 Å². The van der Waals surface area contributed by atoms with Gasteiger partial charge in [0.1, 0.15) is 5.82 Å². The molecular weight excluding hydrogens is 360 g/mol. The highest BCUT2D eigenvalue weighted by Crippen LogP contribution is 2.35. The van der Waals surface area contributed by atoms with E-state index in [9.17, 15) is 0 Å². The summed E-state index contributed by atoms with van der Waals surface area (Å²) in [7, 11) is 0. The van der Waals surface area contributed by atoms with Gasteiger partial charge in [-0.1, -0.05) is 48.5 Å². The minimum absolute atomic E-state index is 0.945. The fraction of sp³-hybridized carbons (Fsp3) is 0. The molecule has 3 heteroatoms. The lowest BCUT2D eigenvalue weighted by molar-refractivity contribution is 1.08. The highest BCUT2D eigenvalue weighted by atomic mass is 32.1. The number of fused-ring (bicyclic) bond motifs is 4. The van der Waals surface area contributed by atoms with Crippen LogP contribution in [0.1, 0.15) is 0 Å². The van der Waals surface area contributed by atoms with Gasteiger partial charge in [0.25, 0.3) is 0 Å². The number of rotatable bonds is 2. The van der Waals surface area contributed by atoms with Crippen LogP contribution in [0.15, 0.2) is 96.5 Å². The van der Waals surface area contributed by atoms with Crippen LogP contribution in [0.5, 0.6) is 0 Å². The number of nitrogens with zero attached hydrogens (tertiary/aromatic N) is 2. The lowest BCUT2D eigenvalue weighted by Crippen LogP contribution is -1.97. The molecule has 6 aromatic rings. The summed E-state index contributed by atoms with van der Waals surface area (Å²) in [5.41, 5.74) is 4.70. The molecule has 0 aliphatic heterocycles. The van der Waals surface area contributed by atoms with Gasteiger partial charge in [-0.15, -0.1) is 11.3 Å². The molecule has 3 aromatic heterocycles. The van der Waals surface area contributed by atoms with E-state index in [2.05, 4.69) is 88.8 Å². The lowest BCUT2D eigenvalue weighted by atomic mass is 10.1. The molecule has 3 heterocycles. The first-order valence-corrected chi connectivity index (χ1v) is 10.2. The van der Waals surface area contributed by atoms with E-state index < -0.39 is 0 Å². The molecule has 0 aliphatic carbocycles. The van der Waals surface area contributed by atoms with Crippen LogP contribution in [0.3, 0.4) is 0 Å². The molecule has 0 saturated carbocycles. The number of hydrogen-bond acceptors (Lipinski definition) is 2. The molecule has 132 valence electrons. The normalized spacial score (nSPS) is 11.6. The molecule has 6 rings (SSSR count). The quantitative estimate of drug-likeness (QED) is 0.316. The Balaban J connectivity index is 1.62. The van der Waals surface area contributed by atoms with Crippen LogP contribution in [0.2, 0.25) is 0 Å². The van der Waals surface area contributed by atoms with Crippen molar-refractivity contribution in [1.29, 1.82) is 0 Å². The third-order valence-electron chi connectivity index (χ3n) is 5.33. The van der Waals surface area contributed by atoms with E-state index in [0.29, 0.717) is 0 Å². The molecule has 0 bridgehead atoms. The topological polar surface area (TPSA) is 17.8 Å². The van der Waals surface area contributed by atoms with Crippen molar-refractivity contribution in [2.75, 3.05) is 0 Å². The van der Waals surface area contributed by atoms with Crippen molar-refractivity contribution in [3.05, 3.63) is 96.5 Å². The highest BCUT2D eigenvalue weighted by Gasteiger charge is 2.14. The van der Waals surface area contributed by atoms with E-state index in [1.165, 1.54) is 37.5 Å². The van der Waals surface area contributed by atoms with Crippen LogP contribution < -0.4 is 0 Å². The summed E-state index contributed by atoms with van der Waals surface area (Å²) in [4.78, 5) is 4.83. The summed E-state index contributed by atoms with van der Waals surface area (Å²) in [5, 5.41) is 5.98. The van der Waals surface area contributed by atoms with Gasteiger partial charge in [-0.25, -0.2) is 4.98 Å². The SMILES string of the molecule is c1ccc(-c2ccc(-n3c4ccccc4c4cc5sccc5cc43)nc2)cc1. The van der Waals surface area contributed by atoms with E-state index >= 15 is 0 Å². The molecule has 0 atom stereocenters. The van der Waals surface area contributed by atoms with Crippen LogP contribution in [0.4, 0.5) is 0 Å². The van der Waals surface area contributed by atoms with E-state index in [0.717, 1.165) is 11.4 Å². The van der Waals surface area contributed by atoms with Gasteiger partial charge in [0.15, 0.2) is 0 Å². The second-order valence-corrected chi connectivity index (χ2v) is 7.90. The van der Waals surface area contributed by atoms with Crippen molar-refractivity contribution in [2.24, 2.45) is 0 Å². The zero-order valence-corrected chi connectivity index (χ0v) is 15.9. The average Bonchev–Trinajstić information content (AvgIpc) is 3.35. The Morgan fingerprint density at radius 3 is 2.39 bits per heavy atom. The maximum atomic E-state index is 4.83. The van der Waals surface area contributed by atoms with Gasteiger partial charge in [-0.2, -0.15) is 0 Å². The predicted molar refractivity (Wildman–Crippen MR) is 119 cm³/mol. The van der Waals surface area contributed by atoms with Crippen molar-refractivity contribution in [2.45, 2.75) is 0 Å². The van der Waals surface area contributed by atoms with Crippen molar-refractivity contribution in [3.8, 4) is 16.9 Å². The first kappa shape index (κ1) is 15.6. The highest BCUT2D eigenvalue weighted by molar-refractivity contribution is 7.17. The second-order valence-electron chi connectivity index (χ2n) is 6.95. The molecule has 0 saturated heterocycles. The van der Waals surface area contributed by atoms with Gasteiger partial charge in [-0.3, -0.25) is 4.57 Å². The number of thiophene rings is 1. The van der Waals surface area contributed by atoms with Crippen LogP contribution in [-0.2, 0) is 0 Å². The van der Waals surface area contributed by atoms with Crippen LogP contribution in [0, 0.1) is 0 Å². The minimum atomic E-state index is 0.945. The van der Waals surface area contributed by atoms with E-state index in [4.69, 9.17) is 4.98 Å². The molecule has 2 nitrogen and oxygen atoms in total. The molecule has 0 spiro atoms. The van der Waals surface area contributed by atoms with Crippen molar-refractivity contribution in [3.63, 3.8) is 0 Å². The molecule has 0 fully saturated rings. The van der Waals surface area contributed by atoms with Crippen LogP contribution in [-0.4, -0.2) is 9.55 Å². The third kappa shape index (κ3) is 2.30. The largest absolute Gasteiger partial charge is 0.294 e. The Morgan fingerprint density at radius 2 is 1.54 bits per heavy atom. The molecule has 0 amide bonds. The lowest BCUT2D eigenvalue weighted by Gasteiger charge is -2.08. The zero-order chi connectivity index (χ0) is 18.5. The predicted octanol–water partition coefficient (Wildman–Crippen LogP) is 7.06. The molecule has 0 radical (unpaired) electrons. The average molecular weight is 376 g/mol. The van der Waals surface area contributed by atoms with Crippen molar-refractivity contribution < 1.29 is 0 Å². The Kier molecular flexibility index (Phi) is 3.37. The van der Waals surface area contributed by atoms with E-state index in [1.54, 1.807) is 11.3 Å². The number of hydrogen-bond donors (Lipinski definition) is 0. The minimum Gasteiger partial charge on any atom is -0.294 e. The molecular formula is C25H16N2S. The summed E-state index contributed by atoms with van der Waals surface area (Å²) in [6.45, 7) is 0. The molecule has 28 heavy (non-hydrogen) atoms. The maximum absolute atomic E-state index is 4.83.